The van der Waals surface area contributed by atoms with Crippen LogP contribution >= 0.6 is 0 Å². The van der Waals surface area contributed by atoms with Gasteiger partial charge in [-0.05, 0) is 85.7 Å². The van der Waals surface area contributed by atoms with E-state index in [9.17, 15) is 9.59 Å². The highest BCUT2D eigenvalue weighted by atomic mass is 16.2. The number of piperidine rings is 1. The van der Waals surface area contributed by atoms with Crippen molar-refractivity contribution in [1.82, 2.24) is 0 Å². The SMILES string of the molecule is Cc1ccc(N2C(=O)C(Nc3ccc(N4CCC(C)CC4)cc3)=C(c3ccccc3)C2=O)cc1C. The van der Waals surface area contributed by atoms with E-state index >= 15 is 0 Å². The molecule has 2 aliphatic rings. The maximum atomic E-state index is 13.6. The lowest BCUT2D eigenvalue weighted by Crippen LogP contribution is -2.32. The fourth-order valence-electron chi connectivity index (χ4n) is 4.78. The summed E-state index contributed by atoms with van der Waals surface area (Å²) >= 11 is 0. The normalized spacial score (nSPS) is 16.9. The number of benzene rings is 3. The summed E-state index contributed by atoms with van der Waals surface area (Å²) in [6.45, 7) is 8.44. The van der Waals surface area contributed by atoms with Gasteiger partial charge in [0, 0.05) is 24.5 Å². The summed E-state index contributed by atoms with van der Waals surface area (Å²) in [5.74, 6) is 0.124. The summed E-state index contributed by atoms with van der Waals surface area (Å²) in [5.41, 5.74) is 6.12. The summed E-state index contributed by atoms with van der Waals surface area (Å²) in [6, 6.07) is 23.2. The van der Waals surface area contributed by atoms with E-state index in [0.29, 0.717) is 17.0 Å². The van der Waals surface area contributed by atoms with Gasteiger partial charge in [0.1, 0.15) is 5.70 Å². The zero-order chi connectivity index (χ0) is 24.5. The minimum Gasteiger partial charge on any atom is -0.372 e. The largest absolute Gasteiger partial charge is 0.372 e. The molecule has 0 unspecified atom stereocenters. The molecule has 2 amide bonds. The van der Waals surface area contributed by atoms with Crippen LogP contribution in [-0.4, -0.2) is 24.9 Å². The Bertz CT molecular complexity index is 1290. The molecule has 1 saturated heterocycles. The van der Waals surface area contributed by atoms with Crippen LogP contribution in [-0.2, 0) is 9.59 Å². The fraction of sp³-hybridized carbons (Fsp3) is 0.267. The number of nitrogens with zero attached hydrogens (tertiary/aromatic N) is 2. The molecule has 0 aliphatic carbocycles. The number of anilines is 3. The highest BCUT2D eigenvalue weighted by Crippen LogP contribution is 2.35. The van der Waals surface area contributed by atoms with Crippen molar-refractivity contribution in [3.63, 3.8) is 0 Å². The number of imide groups is 1. The lowest BCUT2D eigenvalue weighted by molar-refractivity contribution is -0.120. The Balaban J connectivity index is 1.47. The Morgan fingerprint density at radius 1 is 0.771 bits per heavy atom. The van der Waals surface area contributed by atoms with Crippen molar-refractivity contribution in [3.05, 3.63) is 95.2 Å². The molecule has 2 aliphatic heterocycles. The van der Waals surface area contributed by atoms with E-state index in [0.717, 1.165) is 41.4 Å². The highest BCUT2D eigenvalue weighted by Gasteiger charge is 2.40. The van der Waals surface area contributed by atoms with Crippen LogP contribution in [0.2, 0.25) is 0 Å². The summed E-state index contributed by atoms with van der Waals surface area (Å²) in [7, 11) is 0. The molecule has 3 aromatic rings. The number of nitrogens with one attached hydrogen (secondary N) is 1. The second-order valence-electron chi connectivity index (χ2n) is 9.67. The van der Waals surface area contributed by atoms with Crippen molar-refractivity contribution in [1.29, 1.82) is 0 Å². The first kappa shape index (κ1) is 22.9. The van der Waals surface area contributed by atoms with Crippen molar-refractivity contribution in [2.24, 2.45) is 5.92 Å². The Morgan fingerprint density at radius 2 is 1.43 bits per heavy atom. The number of carbonyl (C=O) groups is 2. The zero-order valence-electron chi connectivity index (χ0n) is 20.5. The number of hydrogen-bond donors (Lipinski definition) is 1. The predicted octanol–water partition coefficient (Wildman–Crippen LogP) is 5.94. The minimum absolute atomic E-state index is 0.305. The number of aryl methyl sites for hydroxylation is 2. The van der Waals surface area contributed by atoms with E-state index in [-0.39, 0.29) is 11.8 Å². The molecule has 1 N–H and O–H groups in total. The van der Waals surface area contributed by atoms with E-state index in [1.165, 1.54) is 23.4 Å². The lowest BCUT2D eigenvalue weighted by atomic mass is 9.99. The van der Waals surface area contributed by atoms with E-state index in [2.05, 4.69) is 29.3 Å². The van der Waals surface area contributed by atoms with Gasteiger partial charge in [0.05, 0.1) is 11.3 Å². The number of amides is 2. The maximum absolute atomic E-state index is 13.6. The average molecular weight is 466 g/mol. The van der Waals surface area contributed by atoms with Crippen molar-refractivity contribution in [2.75, 3.05) is 28.2 Å². The van der Waals surface area contributed by atoms with Crippen molar-refractivity contribution in [3.8, 4) is 0 Å². The Hall–Kier alpha value is -3.86. The zero-order valence-corrected chi connectivity index (χ0v) is 20.5. The average Bonchev–Trinajstić information content (AvgIpc) is 3.11. The van der Waals surface area contributed by atoms with Crippen molar-refractivity contribution in [2.45, 2.75) is 33.6 Å². The molecule has 35 heavy (non-hydrogen) atoms. The van der Waals surface area contributed by atoms with Gasteiger partial charge in [-0.1, -0.05) is 43.3 Å². The highest BCUT2D eigenvalue weighted by molar-refractivity contribution is 6.46. The topological polar surface area (TPSA) is 52.7 Å². The van der Waals surface area contributed by atoms with Crippen molar-refractivity contribution < 1.29 is 9.59 Å². The molecule has 178 valence electrons. The minimum atomic E-state index is -0.341. The third-order valence-electron chi connectivity index (χ3n) is 7.18. The quantitative estimate of drug-likeness (QED) is 0.474. The smallest absolute Gasteiger partial charge is 0.282 e. The van der Waals surface area contributed by atoms with Gasteiger partial charge >= 0.3 is 0 Å². The molecule has 3 aromatic carbocycles. The van der Waals surface area contributed by atoms with Crippen LogP contribution in [0.25, 0.3) is 5.57 Å². The Kier molecular flexibility index (Phi) is 6.16. The number of hydrogen-bond acceptors (Lipinski definition) is 4. The molecule has 5 heteroatoms. The first-order valence-corrected chi connectivity index (χ1v) is 12.3. The Labute approximate surface area is 207 Å². The van der Waals surface area contributed by atoms with Gasteiger partial charge in [0.15, 0.2) is 0 Å². The molecule has 0 atom stereocenters. The molecule has 0 spiro atoms. The molecule has 0 bridgehead atoms. The second-order valence-corrected chi connectivity index (χ2v) is 9.67. The maximum Gasteiger partial charge on any atom is 0.282 e. The van der Waals surface area contributed by atoms with Gasteiger partial charge in [0.25, 0.3) is 11.8 Å². The summed E-state index contributed by atoms with van der Waals surface area (Å²) in [5, 5.41) is 3.28. The fourth-order valence-corrected chi connectivity index (χ4v) is 4.78. The van der Waals surface area contributed by atoms with Crippen LogP contribution in [0.1, 0.15) is 36.5 Å². The van der Waals surface area contributed by atoms with Crippen LogP contribution < -0.4 is 15.1 Å². The third-order valence-corrected chi connectivity index (χ3v) is 7.18. The summed E-state index contributed by atoms with van der Waals surface area (Å²) in [4.78, 5) is 30.9. The van der Waals surface area contributed by atoms with Crippen molar-refractivity contribution >= 4 is 34.4 Å². The van der Waals surface area contributed by atoms with Gasteiger partial charge in [-0.15, -0.1) is 0 Å². The molecule has 0 saturated carbocycles. The third kappa shape index (κ3) is 4.46. The second kappa shape index (κ2) is 9.41. The molecule has 0 radical (unpaired) electrons. The summed E-state index contributed by atoms with van der Waals surface area (Å²) < 4.78 is 0. The molecular formula is C30H31N3O2. The number of rotatable bonds is 5. The molecule has 2 heterocycles. The van der Waals surface area contributed by atoms with Gasteiger partial charge in [-0.2, -0.15) is 0 Å². The van der Waals surface area contributed by atoms with E-state index in [1.54, 1.807) is 0 Å². The van der Waals surface area contributed by atoms with Crippen LogP contribution in [0.4, 0.5) is 17.1 Å². The molecule has 1 fully saturated rings. The van der Waals surface area contributed by atoms with Gasteiger partial charge in [-0.3, -0.25) is 9.59 Å². The summed E-state index contributed by atoms with van der Waals surface area (Å²) in [6.07, 6.45) is 2.41. The number of carbonyl (C=O) groups excluding carboxylic acids is 2. The standard InChI is InChI=1S/C30H31N3O2/c1-20-15-17-32(18-16-20)25-13-10-24(11-14-25)31-28-27(23-7-5-4-6-8-23)29(34)33(30(28)35)26-12-9-21(2)22(3)19-26/h4-14,19-20,31H,15-18H2,1-3H3. The van der Waals surface area contributed by atoms with Crippen LogP contribution in [0.5, 0.6) is 0 Å². The van der Waals surface area contributed by atoms with E-state index in [1.807, 2.05) is 74.5 Å². The first-order valence-electron chi connectivity index (χ1n) is 12.3. The van der Waals surface area contributed by atoms with Gasteiger partial charge in [0.2, 0.25) is 0 Å². The molecule has 5 rings (SSSR count). The van der Waals surface area contributed by atoms with Crippen LogP contribution in [0.3, 0.4) is 0 Å². The predicted molar refractivity (Wildman–Crippen MR) is 142 cm³/mol. The lowest BCUT2D eigenvalue weighted by Gasteiger charge is -2.32. The molecule has 0 aromatic heterocycles. The van der Waals surface area contributed by atoms with Gasteiger partial charge < -0.3 is 10.2 Å². The van der Waals surface area contributed by atoms with Crippen LogP contribution in [0.15, 0.2) is 78.5 Å². The van der Waals surface area contributed by atoms with E-state index in [4.69, 9.17) is 0 Å². The van der Waals surface area contributed by atoms with Gasteiger partial charge in [-0.25, -0.2) is 4.90 Å². The molecule has 5 nitrogen and oxygen atoms in total. The molecular weight excluding hydrogens is 434 g/mol. The first-order chi connectivity index (χ1) is 16.9. The van der Waals surface area contributed by atoms with E-state index < -0.39 is 0 Å². The van der Waals surface area contributed by atoms with Crippen LogP contribution in [0, 0.1) is 19.8 Å². The Morgan fingerprint density at radius 3 is 2.09 bits per heavy atom. The monoisotopic (exact) mass is 465 g/mol.